The van der Waals surface area contributed by atoms with Gasteiger partial charge in [0.25, 0.3) is 0 Å². The zero-order chi connectivity index (χ0) is 18.2. The predicted octanol–water partition coefficient (Wildman–Crippen LogP) is 2.48. The second kappa shape index (κ2) is 9.98. The third kappa shape index (κ3) is 6.05. The highest BCUT2D eigenvalue weighted by atomic mass is 19.4. The first-order chi connectivity index (χ1) is 12.0. The molecule has 1 N–H and O–H groups in total. The van der Waals surface area contributed by atoms with Crippen molar-refractivity contribution in [2.45, 2.75) is 0 Å². The second-order valence-electron chi connectivity index (χ2n) is 4.86. The van der Waals surface area contributed by atoms with E-state index >= 15 is 0 Å². The van der Waals surface area contributed by atoms with Crippen molar-refractivity contribution in [1.29, 1.82) is 0 Å². The molecular formula is C18H13BF4O3. The molecular weight excluding hydrogens is 351 g/mol. The molecule has 0 fully saturated rings. The zero-order valence-electron chi connectivity index (χ0n) is 13.3. The number of hydrogen-bond donors (Lipinski definition) is 1. The van der Waals surface area contributed by atoms with Crippen molar-refractivity contribution in [3.8, 4) is 22.6 Å². The van der Waals surface area contributed by atoms with E-state index in [1.807, 2.05) is 60.7 Å². The topological polar surface area (TPSA) is 48.6 Å². The number of halogens is 4. The van der Waals surface area contributed by atoms with E-state index in [-0.39, 0.29) is 10.3 Å². The third-order valence-electron chi connectivity index (χ3n) is 3.16. The Morgan fingerprint density at radius 2 is 1.15 bits per heavy atom. The van der Waals surface area contributed by atoms with Crippen molar-refractivity contribution < 1.29 is 32.0 Å². The minimum Gasteiger partial charge on any atom is -1.00 e. The summed E-state index contributed by atoms with van der Waals surface area (Å²) in [6, 6.07) is 22.0. The van der Waals surface area contributed by atoms with Gasteiger partial charge in [0.1, 0.15) is 0 Å². The van der Waals surface area contributed by atoms with Gasteiger partial charge in [0.05, 0.1) is 28.8 Å². The van der Waals surface area contributed by atoms with Crippen LogP contribution in [-0.4, -0.2) is 18.6 Å². The van der Waals surface area contributed by atoms with E-state index in [1.165, 1.54) is 0 Å². The van der Waals surface area contributed by atoms with E-state index in [9.17, 15) is 22.8 Å². The van der Waals surface area contributed by atoms with Gasteiger partial charge in [0, 0.05) is 0 Å². The van der Waals surface area contributed by atoms with E-state index in [2.05, 4.69) is 0 Å². The molecule has 0 unspecified atom stereocenters. The molecule has 3 aromatic rings. The van der Waals surface area contributed by atoms with E-state index in [4.69, 9.17) is 4.42 Å². The van der Waals surface area contributed by atoms with Crippen LogP contribution in [0, 0.1) is 0 Å². The van der Waals surface area contributed by atoms with Crippen LogP contribution < -0.4 is 4.70 Å². The molecule has 3 nitrogen and oxygen atoms in total. The Morgan fingerprint density at radius 3 is 1.46 bits per heavy atom. The molecule has 0 amide bonds. The van der Waals surface area contributed by atoms with Crippen molar-refractivity contribution in [1.82, 2.24) is 0 Å². The molecule has 0 radical (unpaired) electrons. The standard InChI is InChI=1S/C18H12O3.BF3.FH/c19-18(20)15-11-16(13-7-3-1-4-8-13)21-17(12-15)14-9-5-2-6-10-14;2-1(3)4;/h1-12H;;1H. The van der Waals surface area contributed by atoms with Crippen molar-refractivity contribution in [2.24, 2.45) is 0 Å². The highest BCUT2D eigenvalue weighted by molar-refractivity contribution is 6.33. The lowest BCUT2D eigenvalue weighted by Crippen LogP contribution is -3.00. The molecule has 134 valence electrons. The molecule has 0 atom stereocenters. The minimum atomic E-state index is -3.67. The Bertz CT molecular complexity index is 770. The van der Waals surface area contributed by atoms with Gasteiger partial charge in [0.15, 0.2) is 0 Å². The van der Waals surface area contributed by atoms with Crippen LogP contribution >= 0.6 is 0 Å². The fraction of sp³-hybridized carbons (Fsp3) is 0. The van der Waals surface area contributed by atoms with Crippen LogP contribution in [0.1, 0.15) is 10.4 Å². The Morgan fingerprint density at radius 1 is 0.808 bits per heavy atom. The average molecular weight is 364 g/mol. The summed E-state index contributed by atoms with van der Waals surface area (Å²) in [7, 11) is -3.67. The van der Waals surface area contributed by atoms with Crippen LogP contribution in [-0.2, 0) is 0 Å². The lowest BCUT2D eigenvalue weighted by Gasteiger charge is -1.97. The van der Waals surface area contributed by atoms with E-state index in [0.717, 1.165) is 11.1 Å². The largest absolute Gasteiger partial charge is 1.00 e. The fourth-order valence-corrected chi connectivity index (χ4v) is 2.11. The number of hydrogen-bond acceptors (Lipinski definition) is 1. The monoisotopic (exact) mass is 364 g/mol. The first kappa shape index (κ1) is 20.9. The van der Waals surface area contributed by atoms with E-state index in [1.54, 1.807) is 12.1 Å². The van der Waals surface area contributed by atoms with Crippen LogP contribution in [0.15, 0.2) is 77.2 Å². The Balaban J connectivity index is 0.000000616. The molecule has 8 heteroatoms. The molecule has 0 bridgehead atoms. The molecule has 1 aromatic heterocycles. The maximum absolute atomic E-state index is 11.3. The maximum Gasteiger partial charge on any atom is 0.762 e. The van der Waals surface area contributed by atoms with Gasteiger partial charge in [-0.05, 0) is 24.3 Å². The minimum absolute atomic E-state index is 0. The summed E-state index contributed by atoms with van der Waals surface area (Å²) in [5, 5.41) is 9.29. The highest BCUT2D eigenvalue weighted by Crippen LogP contribution is 2.28. The number of rotatable bonds is 3. The predicted molar refractivity (Wildman–Crippen MR) is 90.0 cm³/mol. The van der Waals surface area contributed by atoms with Gasteiger partial charge < -0.3 is 9.81 Å². The van der Waals surface area contributed by atoms with Gasteiger partial charge in [-0.3, -0.25) is 12.9 Å². The molecule has 0 aliphatic heterocycles. The first-order valence-electron chi connectivity index (χ1n) is 7.22. The van der Waals surface area contributed by atoms with Gasteiger partial charge in [-0.2, -0.15) is 0 Å². The fourth-order valence-electron chi connectivity index (χ4n) is 2.11. The van der Waals surface area contributed by atoms with Crippen LogP contribution in [0.2, 0.25) is 0 Å². The summed E-state index contributed by atoms with van der Waals surface area (Å²) in [5.74, 6) is 0.101. The Hall–Kier alpha value is -3.16. The molecule has 1 heterocycles. The SMILES string of the molecule is FB(F)F.O=C(O)c1cc(-c2ccccc2)[o+]c(-c2ccccc2)c1.[F-]. The molecule has 0 saturated carbocycles. The van der Waals surface area contributed by atoms with Crippen molar-refractivity contribution in [3.05, 3.63) is 78.4 Å². The second-order valence-corrected chi connectivity index (χ2v) is 4.86. The maximum atomic E-state index is 11.3. The van der Waals surface area contributed by atoms with E-state index in [0.29, 0.717) is 11.5 Å². The molecule has 26 heavy (non-hydrogen) atoms. The van der Waals surface area contributed by atoms with Crippen LogP contribution in [0.25, 0.3) is 22.6 Å². The van der Waals surface area contributed by atoms with Crippen molar-refractivity contribution >= 4 is 13.5 Å². The smallest absolute Gasteiger partial charge is 0.762 e. The van der Waals surface area contributed by atoms with Crippen molar-refractivity contribution in [2.75, 3.05) is 0 Å². The summed E-state index contributed by atoms with van der Waals surface area (Å²) in [6.07, 6.45) is 0. The van der Waals surface area contributed by atoms with Gasteiger partial charge in [-0.25, -0.2) is 9.21 Å². The van der Waals surface area contributed by atoms with Gasteiger partial charge >= 0.3 is 25.0 Å². The van der Waals surface area contributed by atoms with Crippen molar-refractivity contribution in [3.63, 3.8) is 0 Å². The molecule has 3 rings (SSSR count). The Labute approximate surface area is 147 Å². The van der Waals surface area contributed by atoms with Crippen LogP contribution in [0.4, 0.5) is 12.9 Å². The normalized spacial score (nSPS) is 9.35. The average Bonchev–Trinajstić information content (AvgIpc) is 2.62. The van der Waals surface area contributed by atoms with Gasteiger partial charge in [0.2, 0.25) is 0 Å². The lowest BCUT2D eigenvalue weighted by atomic mass is 10.1. The number of aromatic carboxylic acids is 1. The van der Waals surface area contributed by atoms with Crippen LogP contribution in [0.3, 0.4) is 0 Å². The van der Waals surface area contributed by atoms with Gasteiger partial charge in [-0.15, -0.1) is 0 Å². The lowest BCUT2D eigenvalue weighted by molar-refractivity contribution is -0.0000234. The molecule has 0 saturated heterocycles. The zero-order valence-corrected chi connectivity index (χ0v) is 13.3. The number of benzene rings is 2. The van der Waals surface area contributed by atoms with Gasteiger partial charge in [-0.1, -0.05) is 36.4 Å². The Kier molecular flexibility index (Phi) is 8.02. The summed E-state index contributed by atoms with van der Waals surface area (Å²) in [4.78, 5) is 11.3. The summed E-state index contributed by atoms with van der Waals surface area (Å²) < 4.78 is 34.9. The quantitative estimate of drug-likeness (QED) is 0.441. The highest BCUT2D eigenvalue weighted by Gasteiger charge is 2.21. The molecule has 2 aromatic carbocycles. The first-order valence-corrected chi connectivity index (χ1v) is 7.22. The summed E-state index contributed by atoms with van der Waals surface area (Å²) >= 11 is 0. The number of carboxylic acid groups (broad SMARTS) is 1. The molecule has 0 aliphatic rings. The summed E-state index contributed by atoms with van der Waals surface area (Å²) in [6.45, 7) is 0. The summed E-state index contributed by atoms with van der Waals surface area (Å²) in [5.41, 5.74) is 1.90. The third-order valence-corrected chi connectivity index (χ3v) is 3.16. The molecule has 0 spiro atoms. The number of carbonyl (C=O) groups is 1. The van der Waals surface area contributed by atoms with E-state index < -0.39 is 13.5 Å². The van der Waals surface area contributed by atoms with Crippen LogP contribution in [0.5, 0.6) is 0 Å². The number of carboxylic acids is 1. The molecule has 0 aliphatic carbocycles.